The molecule has 0 aliphatic carbocycles. The van der Waals surface area contributed by atoms with Crippen molar-refractivity contribution in [3.8, 4) is 0 Å². The van der Waals surface area contributed by atoms with E-state index < -0.39 is 12.2 Å². The predicted molar refractivity (Wildman–Crippen MR) is 61.0 cm³/mol. The third kappa shape index (κ3) is 2.73. The normalized spacial score (nSPS) is 14.2. The summed E-state index contributed by atoms with van der Waals surface area (Å²) in [4.78, 5) is 2.89. The molecule has 2 nitrogen and oxygen atoms in total. The molecule has 1 heterocycles. The lowest BCUT2D eigenvalue weighted by Crippen LogP contribution is -2.39. The second kappa shape index (κ2) is 4.23. The Morgan fingerprint density at radius 1 is 1.29 bits per heavy atom. The van der Waals surface area contributed by atoms with Gasteiger partial charge in [0.2, 0.25) is 0 Å². The highest BCUT2D eigenvalue weighted by molar-refractivity contribution is 6.31. The number of aromatic nitrogens is 1. The monoisotopic (exact) mass is 262 g/mol. The van der Waals surface area contributed by atoms with Crippen LogP contribution in [0, 0.1) is 0 Å². The number of H-pyrrole nitrogens is 1. The number of fused-ring (bicyclic) bond motifs is 1. The van der Waals surface area contributed by atoms with Gasteiger partial charge in [-0.15, -0.1) is 0 Å². The molecular formula is C11H10ClF3N2. The van der Waals surface area contributed by atoms with Gasteiger partial charge in [0.1, 0.15) is 6.04 Å². The molecule has 0 aliphatic heterocycles. The van der Waals surface area contributed by atoms with Gasteiger partial charge < -0.3 is 10.7 Å². The van der Waals surface area contributed by atoms with E-state index in [0.717, 1.165) is 10.9 Å². The first-order valence-electron chi connectivity index (χ1n) is 4.96. The van der Waals surface area contributed by atoms with E-state index >= 15 is 0 Å². The van der Waals surface area contributed by atoms with Crippen LogP contribution in [-0.4, -0.2) is 17.2 Å². The molecular weight excluding hydrogens is 253 g/mol. The van der Waals surface area contributed by atoms with Crippen molar-refractivity contribution in [3.05, 3.63) is 35.0 Å². The van der Waals surface area contributed by atoms with Gasteiger partial charge in [0.05, 0.1) is 0 Å². The molecule has 2 rings (SSSR count). The average molecular weight is 263 g/mol. The number of halogens is 4. The highest BCUT2D eigenvalue weighted by Crippen LogP contribution is 2.24. The summed E-state index contributed by atoms with van der Waals surface area (Å²) in [6.45, 7) is 0. The quantitative estimate of drug-likeness (QED) is 0.857. The number of aromatic amines is 1. The Morgan fingerprint density at radius 3 is 2.65 bits per heavy atom. The molecule has 17 heavy (non-hydrogen) atoms. The molecule has 92 valence electrons. The summed E-state index contributed by atoms with van der Waals surface area (Å²) < 4.78 is 36.9. The summed E-state index contributed by atoms with van der Waals surface area (Å²) in [7, 11) is 0. The zero-order valence-electron chi connectivity index (χ0n) is 8.68. The first kappa shape index (κ1) is 12.3. The van der Waals surface area contributed by atoms with E-state index in [0.29, 0.717) is 10.7 Å². The van der Waals surface area contributed by atoms with Crippen LogP contribution in [0.3, 0.4) is 0 Å². The summed E-state index contributed by atoms with van der Waals surface area (Å²) >= 11 is 5.79. The maximum Gasteiger partial charge on any atom is 0.404 e. The molecule has 6 heteroatoms. The molecule has 0 spiro atoms. The third-order valence-corrected chi connectivity index (χ3v) is 2.73. The van der Waals surface area contributed by atoms with Gasteiger partial charge in [-0.25, -0.2) is 0 Å². The summed E-state index contributed by atoms with van der Waals surface area (Å²) in [6.07, 6.45) is -4.65. The molecule has 3 N–H and O–H groups in total. The number of hydrogen-bond donors (Lipinski definition) is 2. The molecule has 0 bridgehead atoms. The topological polar surface area (TPSA) is 41.8 Å². The molecule has 1 aromatic heterocycles. The van der Waals surface area contributed by atoms with Crippen LogP contribution in [0.5, 0.6) is 0 Å². The Morgan fingerprint density at radius 2 is 2.00 bits per heavy atom. The molecule has 0 fully saturated rings. The number of alkyl halides is 3. The van der Waals surface area contributed by atoms with Gasteiger partial charge in [-0.1, -0.05) is 11.6 Å². The van der Waals surface area contributed by atoms with Crippen LogP contribution in [-0.2, 0) is 6.42 Å². The molecule has 1 atom stereocenters. The maximum absolute atomic E-state index is 12.3. The van der Waals surface area contributed by atoms with Crippen molar-refractivity contribution >= 4 is 22.5 Å². The minimum Gasteiger partial charge on any atom is -0.358 e. The number of nitrogens with one attached hydrogen (secondary N) is 1. The Bertz CT molecular complexity index is 533. The molecule has 0 amide bonds. The van der Waals surface area contributed by atoms with Gasteiger partial charge in [0, 0.05) is 28.0 Å². The van der Waals surface area contributed by atoms with Gasteiger partial charge >= 0.3 is 6.18 Å². The van der Waals surface area contributed by atoms with Crippen LogP contribution < -0.4 is 5.73 Å². The fraction of sp³-hybridized carbons (Fsp3) is 0.273. The standard InChI is InChI=1S/C11H10ClF3N2/c12-7-1-2-9-6(3-7)4-8(17-9)5-10(16)11(13,14)15/h1-4,10,17H,5,16H2. The highest BCUT2D eigenvalue weighted by Gasteiger charge is 2.36. The third-order valence-electron chi connectivity index (χ3n) is 2.50. The largest absolute Gasteiger partial charge is 0.404 e. The van der Waals surface area contributed by atoms with Crippen LogP contribution in [0.2, 0.25) is 5.02 Å². The van der Waals surface area contributed by atoms with Crippen molar-refractivity contribution in [1.82, 2.24) is 4.98 Å². The number of nitrogens with two attached hydrogens (primary N) is 1. The zero-order valence-corrected chi connectivity index (χ0v) is 9.44. The second-order valence-corrected chi connectivity index (χ2v) is 4.31. The lowest BCUT2D eigenvalue weighted by molar-refractivity contribution is -0.147. The van der Waals surface area contributed by atoms with E-state index in [1.165, 1.54) is 0 Å². The lowest BCUT2D eigenvalue weighted by Gasteiger charge is -2.14. The van der Waals surface area contributed by atoms with Gasteiger partial charge in [0.25, 0.3) is 0 Å². The van der Waals surface area contributed by atoms with E-state index in [9.17, 15) is 13.2 Å². The van der Waals surface area contributed by atoms with Crippen LogP contribution in [0.25, 0.3) is 10.9 Å². The summed E-state index contributed by atoms with van der Waals surface area (Å²) in [6, 6.07) is 4.86. The molecule has 0 radical (unpaired) electrons. The molecule has 1 aromatic carbocycles. The number of rotatable bonds is 2. The van der Waals surface area contributed by atoms with Crippen LogP contribution in [0.1, 0.15) is 5.69 Å². The Labute approximate surface area is 101 Å². The summed E-state index contributed by atoms with van der Waals surface area (Å²) in [5.74, 6) is 0. The maximum atomic E-state index is 12.3. The van der Waals surface area contributed by atoms with E-state index in [2.05, 4.69) is 4.98 Å². The highest BCUT2D eigenvalue weighted by atomic mass is 35.5. The fourth-order valence-corrected chi connectivity index (χ4v) is 1.81. The van der Waals surface area contributed by atoms with Crippen molar-refractivity contribution in [2.24, 2.45) is 5.73 Å². The van der Waals surface area contributed by atoms with Crippen LogP contribution in [0.4, 0.5) is 13.2 Å². The Hall–Kier alpha value is -1.20. The number of benzene rings is 1. The molecule has 0 saturated heterocycles. The first-order chi connectivity index (χ1) is 7.86. The predicted octanol–water partition coefficient (Wildman–Crippen LogP) is 3.25. The molecule has 1 unspecified atom stereocenters. The van der Waals surface area contributed by atoms with Gasteiger partial charge in [0.15, 0.2) is 0 Å². The number of hydrogen-bond acceptors (Lipinski definition) is 1. The van der Waals surface area contributed by atoms with Crippen LogP contribution >= 0.6 is 11.6 Å². The van der Waals surface area contributed by atoms with E-state index in [-0.39, 0.29) is 6.42 Å². The van der Waals surface area contributed by atoms with E-state index in [1.807, 2.05) is 0 Å². The van der Waals surface area contributed by atoms with Crippen LogP contribution in [0.15, 0.2) is 24.3 Å². The van der Waals surface area contributed by atoms with Gasteiger partial charge in [-0.2, -0.15) is 13.2 Å². The lowest BCUT2D eigenvalue weighted by atomic mass is 10.1. The van der Waals surface area contributed by atoms with Crippen molar-refractivity contribution in [2.45, 2.75) is 18.6 Å². The molecule has 0 aliphatic rings. The van der Waals surface area contributed by atoms with Crippen molar-refractivity contribution < 1.29 is 13.2 Å². The van der Waals surface area contributed by atoms with Gasteiger partial charge in [-0.3, -0.25) is 0 Å². The van der Waals surface area contributed by atoms with E-state index in [4.69, 9.17) is 17.3 Å². The summed E-state index contributed by atoms with van der Waals surface area (Å²) in [5, 5.41) is 1.32. The van der Waals surface area contributed by atoms with E-state index in [1.54, 1.807) is 24.3 Å². The second-order valence-electron chi connectivity index (χ2n) is 3.88. The molecule has 2 aromatic rings. The minimum absolute atomic E-state index is 0.268. The Kier molecular flexibility index (Phi) is 3.05. The van der Waals surface area contributed by atoms with Crippen molar-refractivity contribution in [1.29, 1.82) is 0 Å². The van der Waals surface area contributed by atoms with Crippen molar-refractivity contribution in [2.75, 3.05) is 0 Å². The smallest absolute Gasteiger partial charge is 0.358 e. The zero-order chi connectivity index (χ0) is 12.6. The fourth-order valence-electron chi connectivity index (χ4n) is 1.63. The average Bonchev–Trinajstić information content (AvgIpc) is 2.57. The first-order valence-corrected chi connectivity index (χ1v) is 5.33. The SMILES string of the molecule is NC(Cc1cc2cc(Cl)ccc2[nH]1)C(F)(F)F. The summed E-state index contributed by atoms with van der Waals surface area (Å²) in [5.41, 5.74) is 6.26. The van der Waals surface area contributed by atoms with Crippen molar-refractivity contribution in [3.63, 3.8) is 0 Å². The Balaban J connectivity index is 2.25. The minimum atomic E-state index is -4.38. The molecule has 0 saturated carbocycles. The van der Waals surface area contributed by atoms with Gasteiger partial charge in [-0.05, 0) is 24.3 Å².